The molecule has 44 heavy (non-hydrogen) atoms. The second kappa shape index (κ2) is 10.1. The Morgan fingerprint density at radius 1 is 0.795 bits per heavy atom. The van der Waals surface area contributed by atoms with Crippen LogP contribution >= 0.6 is 0 Å². The van der Waals surface area contributed by atoms with Gasteiger partial charge in [0.2, 0.25) is 0 Å². The van der Waals surface area contributed by atoms with Gasteiger partial charge < -0.3 is 26.4 Å². The van der Waals surface area contributed by atoms with Crippen molar-refractivity contribution >= 4 is 5.97 Å². The van der Waals surface area contributed by atoms with Gasteiger partial charge >= 0.3 is 5.97 Å². The van der Waals surface area contributed by atoms with Crippen molar-refractivity contribution in [3.8, 4) is 0 Å². The quantitative estimate of drug-likeness (QED) is 0.350. The monoisotopic (exact) mass is 630 g/mol. The van der Waals surface area contributed by atoms with Gasteiger partial charge in [-0.05, 0) is 115 Å². The predicted molar refractivity (Wildman–Crippen MR) is 170 cm³/mol. The zero-order valence-electron chi connectivity index (χ0n) is 29.2. The van der Waals surface area contributed by atoms with Gasteiger partial charge in [0.1, 0.15) is 6.10 Å². The van der Waals surface area contributed by atoms with Crippen LogP contribution in [0.4, 0.5) is 0 Å². The molecule has 0 amide bonds. The Hall–Kier alpha value is -0.360. The Bertz CT molecular complexity index is 1150. The lowest BCUT2D eigenvalue weighted by atomic mass is 9.31. The van der Waals surface area contributed by atoms with Gasteiger partial charge in [-0.25, -0.2) is 4.79 Å². The molecule has 5 saturated carbocycles. The van der Waals surface area contributed by atoms with Crippen molar-refractivity contribution in [2.45, 2.75) is 125 Å². The SMILES string of the molecule is CC1(C)C(OC(=O)C[N+]23CCN(CC2)CC3)CC[C@@]2(C)C1CC[C@]1(C)C2CCC2C3[C@H]4OC[C@@]3(CCC4(C)C)CC[C@]21C.[Cl-]. The van der Waals surface area contributed by atoms with Gasteiger partial charge in [-0.2, -0.15) is 0 Å². The normalized spacial score (nSPS) is 54.6. The molecule has 6 heteroatoms. The lowest BCUT2D eigenvalue weighted by Crippen LogP contribution is -3.00. The molecule has 5 unspecified atom stereocenters. The summed E-state index contributed by atoms with van der Waals surface area (Å²) in [5.74, 6) is 3.04. The topological polar surface area (TPSA) is 38.8 Å². The Labute approximate surface area is 274 Å². The molecular formula is C38H63ClN2O3. The first kappa shape index (κ1) is 32.2. The number of carbonyl (C=O) groups excluding carboxylic acids is 1. The van der Waals surface area contributed by atoms with E-state index in [0.717, 1.165) is 74.5 Å². The van der Waals surface area contributed by atoms with E-state index in [2.05, 4.69) is 53.4 Å². The molecule has 9 aliphatic rings. The summed E-state index contributed by atoms with van der Waals surface area (Å²) in [4.78, 5) is 16.1. The fraction of sp³-hybridized carbons (Fsp3) is 0.974. The van der Waals surface area contributed by atoms with E-state index in [9.17, 15) is 4.79 Å². The molecule has 0 aromatic carbocycles. The number of rotatable bonds is 3. The van der Waals surface area contributed by atoms with Crippen molar-refractivity contribution in [3.05, 3.63) is 0 Å². The number of esters is 1. The minimum atomic E-state index is 0. The van der Waals surface area contributed by atoms with Crippen molar-refractivity contribution in [2.24, 2.45) is 56.2 Å². The van der Waals surface area contributed by atoms with Crippen LogP contribution in [-0.4, -0.2) is 80.0 Å². The van der Waals surface area contributed by atoms with Gasteiger partial charge in [-0.3, -0.25) is 4.90 Å². The van der Waals surface area contributed by atoms with E-state index in [-0.39, 0.29) is 29.9 Å². The average molecular weight is 631 g/mol. The van der Waals surface area contributed by atoms with Crippen molar-refractivity contribution in [1.29, 1.82) is 0 Å². The lowest BCUT2D eigenvalue weighted by molar-refractivity contribution is -0.934. The number of hydrogen-bond acceptors (Lipinski definition) is 4. The van der Waals surface area contributed by atoms with Crippen LogP contribution in [-0.2, 0) is 14.3 Å². The van der Waals surface area contributed by atoms with Crippen LogP contribution in [0.5, 0.6) is 0 Å². The number of piperazine rings is 3. The van der Waals surface area contributed by atoms with E-state index in [1.165, 1.54) is 57.8 Å². The van der Waals surface area contributed by atoms with E-state index < -0.39 is 0 Å². The molecular weight excluding hydrogens is 568 g/mol. The largest absolute Gasteiger partial charge is 1.00 e. The van der Waals surface area contributed by atoms with Crippen molar-refractivity contribution in [1.82, 2.24) is 4.90 Å². The Morgan fingerprint density at radius 2 is 1.48 bits per heavy atom. The van der Waals surface area contributed by atoms with E-state index in [0.29, 0.717) is 45.6 Å². The molecule has 4 bridgehead atoms. The first-order valence-electron chi connectivity index (χ1n) is 18.6. The fourth-order valence-electron chi connectivity index (χ4n) is 14.6. The second-order valence-corrected chi connectivity index (χ2v) is 19.6. The molecule has 5 aliphatic carbocycles. The Kier molecular flexibility index (Phi) is 7.38. The highest BCUT2D eigenvalue weighted by atomic mass is 35.5. The molecule has 4 saturated heterocycles. The van der Waals surface area contributed by atoms with Crippen LogP contribution in [0, 0.1) is 56.2 Å². The average Bonchev–Trinajstić information content (AvgIpc) is 3.30. The minimum Gasteiger partial charge on any atom is -1.00 e. The van der Waals surface area contributed by atoms with E-state index in [4.69, 9.17) is 9.47 Å². The molecule has 4 heterocycles. The third-order valence-corrected chi connectivity index (χ3v) is 17.5. The summed E-state index contributed by atoms with van der Waals surface area (Å²) in [5, 5.41) is 0. The second-order valence-electron chi connectivity index (χ2n) is 19.6. The van der Waals surface area contributed by atoms with Gasteiger partial charge in [-0.15, -0.1) is 0 Å². The van der Waals surface area contributed by atoms with Crippen molar-refractivity contribution < 1.29 is 31.2 Å². The van der Waals surface area contributed by atoms with Crippen molar-refractivity contribution in [3.63, 3.8) is 0 Å². The third-order valence-electron chi connectivity index (χ3n) is 17.5. The van der Waals surface area contributed by atoms with E-state index >= 15 is 0 Å². The highest BCUT2D eigenvalue weighted by Crippen LogP contribution is 2.78. The lowest BCUT2D eigenvalue weighted by Gasteiger charge is -2.73. The summed E-state index contributed by atoms with van der Waals surface area (Å²) in [6.45, 7) is 26.6. The molecule has 0 aromatic heterocycles. The van der Waals surface area contributed by atoms with Crippen LogP contribution < -0.4 is 12.4 Å². The molecule has 0 radical (unpaired) electrons. The maximum atomic E-state index is 13.5. The molecule has 5 nitrogen and oxygen atoms in total. The van der Waals surface area contributed by atoms with Gasteiger partial charge in [0.05, 0.1) is 32.3 Å². The zero-order chi connectivity index (χ0) is 30.3. The number of quaternary nitrogens is 1. The zero-order valence-corrected chi connectivity index (χ0v) is 29.9. The smallest absolute Gasteiger partial charge is 0.362 e. The Morgan fingerprint density at radius 3 is 2.18 bits per heavy atom. The highest BCUT2D eigenvalue weighted by Gasteiger charge is 2.73. The first-order chi connectivity index (χ1) is 20.2. The third kappa shape index (κ3) is 4.16. The van der Waals surface area contributed by atoms with Crippen LogP contribution in [0.15, 0.2) is 0 Å². The van der Waals surface area contributed by atoms with Crippen LogP contribution in [0.25, 0.3) is 0 Å². The molecule has 9 rings (SSSR count). The molecule has 0 N–H and O–H groups in total. The standard InChI is InChI=1S/C38H63N2O3.ClH/c1-33(2)14-16-38-17-15-36(6)26(31(38)32(33)42-25-38)8-9-28-35(5)12-11-29(34(3,4)27(35)10-13-37(28,36)7)43-30(41)24-40-21-18-39(19-22-40)20-23-40;/h26-29,31-32H,8-25H2,1-7H3;1H/q+1;/p-1/t26?,27?,28?,29?,31?,32-,35+,36-,37-,38-;/m1./s1. The molecule has 0 spiro atoms. The maximum absolute atomic E-state index is 13.5. The molecule has 4 aliphatic heterocycles. The number of nitrogens with zero attached hydrogens (tertiary/aromatic N) is 2. The minimum absolute atomic E-state index is 0. The summed E-state index contributed by atoms with van der Waals surface area (Å²) >= 11 is 0. The number of fused-ring (bicyclic) bond motifs is 8. The number of halogens is 1. The maximum Gasteiger partial charge on any atom is 0.362 e. The molecule has 0 aromatic rings. The molecule has 250 valence electrons. The summed E-state index contributed by atoms with van der Waals surface area (Å²) in [7, 11) is 0. The number of carbonyl (C=O) groups is 1. The van der Waals surface area contributed by atoms with Crippen LogP contribution in [0.3, 0.4) is 0 Å². The summed E-state index contributed by atoms with van der Waals surface area (Å²) in [6, 6.07) is 0. The van der Waals surface area contributed by atoms with E-state index in [1.807, 2.05) is 0 Å². The van der Waals surface area contributed by atoms with Crippen LogP contribution in [0.1, 0.15) is 113 Å². The van der Waals surface area contributed by atoms with Gasteiger partial charge in [0, 0.05) is 25.0 Å². The number of hydrogen-bond donors (Lipinski definition) is 0. The van der Waals surface area contributed by atoms with Gasteiger partial charge in [0.15, 0.2) is 6.54 Å². The van der Waals surface area contributed by atoms with Crippen LogP contribution in [0.2, 0.25) is 0 Å². The Balaban J connectivity index is 0.00000312. The summed E-state index contributed by atoms with van der Waals surface area (Å²) < 4.78 is 14.3. The van der Waals surface area contributed by atoms with Gasteiger partial charge in [0.25, 0.3) is 0 Å². The predicted octanol–water partition coefficient (Wildman–Crippen LogP) is 3.94. The summed E-state index contributed by atoms with van der Waals surface area (Å²) in [5.41, 5.74) is 1.92. The van der Waals surface area contributed by atoms with Crippen molar-refractivity contribution in [2.75, 3.05) is 52.4 Å². The van der Waals surface area contributed by atoms with E-state index in [1.54, 1.807) is 0 Å². The fourth-order valence-corrected chi connectivity index (χ4v) is 14.6. The highest BCUT2D eigenvalue weighted by molar-refractivity contribution is 5.71. The number of ether oxygens (including phenoxy) is 2. The van der Waals surface area contributed by atoms with Gasteiger partial charge in [-0.1, -0.05) is 48.5 Å². The molecule has 9 fully saturated rings. The first-order valence-corrected chi connectivity index (χ1v) is 18.6. The summed E-state index contributed by atoms with van der Waals surface area (Å²) in [6.07, 6.45) is 13.7. The molecule has 10 atom stereocenters.